The Labute approximate surface area is 150 Å². The molecule has 0 unspecified atom stereocenters. The highest BCUT2D eigenvalue weighted by molar-refractivity contribution is 7.99. The summed E-state index contributed by atoms with van der Waals surface area (Å²) >= 11 is 7.16. The van der Waals surface area contributed by atoms with Gasteiger partial charge in [0.1, 0.15) is 0 Å². The number of thioether (sulfide) groups is 1. The van der Waals surface area contributed by atoms with E-state index in [0.29, 0.717) is 21.9 Å². The van der Waals surface area contributed by atoms with E-state index in [1.807, 2.05) is 12.1 Å². The summed E-state index contributed by atoms with van der Waals surface area (Å²) in [6.45, 7) is 5.47. The monoisotopic (exact) mass is 364 g/mol. The first-order valence-corrected chi connectivity index (χ1v) is 8.58. The van der Waals surface area contributed by atoms with Crippen LogP contribution in [0.4, 0.5) is 0 Å². The lowest BCUT2D eigenvalue weighted by Gasteiger charge is -2.14. The van der Waals surface area contributed by atoms with Crippen molar-refractivity contribution in [1.82, 2.24) is 10.2 Å². The van der Waals surface area contributed by atoms with Crippen LogP contribution in [-0.2, 0) is 9.53 Å². The third-order valence-corrected chi connectivity index (χ3v) is 3.73. The number of hydrogen-bond donors (Lipinski definition) is 0. The van der Waals surface area contributed by atoms with E-state index < -0.39 is 5.41 Å². The van der Waals surface area contributed by atoms with Gasteiger partial charge < -0.3 is 9.15 Å². The molecule has 1 aromatic heterocycles. The molecule has 0 N–H and O–H groups in total. The molecule has 0 radical (unpaired) electrons. The van der Waals surface area contributed by atoms with Crippen molar-refractivity contribution < 1.29 is 13.9 Å². The Bertz CT molecular complexity index is 755. The molecule has 0 aliphatic carbocycles. The third-order valence-electron chi connectivity index (χ3n) is 2.78. The molecule has 0 saturated carbocycles. The molecule has 0 saturated heterocycles. The molecule has 0 aliphatic rings. The van der Waals surface area contributed by atoms with Crippen LogP contribution in [0.25, 0.3) is 11.5 Å². The van der Waals surface area contributed by atoms with Crippen LogP contribution in [0.15, 0.2) is 33.9 Å². The molecule has 5 nitrogen and oxygen atoms in total. The number of rotatable bonds is 4. The lowest BCUT2D eigenvalue weighted by Crippen LogP contribution is -2.22. The fraction of sp³-hybridized carbons (Fsp3) is 0.353. The van der Waals surface area contributed by atoms with Crippen LogP contribution >= 0.6 is 23.4 Å². The van der Waals surface area contributed by atoms with Crippen LogP contribution in [-0.4, -0.2) is 28.5 Å². The highest BCUT2D eigenvalue weighted by Gasteiger charge is 2.22. The zero-order valence-electron chi connectivity index (χ0n) is 13.6. The first-order chi connectivity index (χ1) is 11.4. The molecule has 0 spiro atoms. The van der Waals surface area contributed by atoms with Gasteiger partial charge in [-0.25, -0.2) is 0 Å². The van der Waals surface area contributed by atoms with Gasteiger partial charge in [-0.2, -0.15) is 0 Å². The van der Waals surface area contributed by atoms with Crippen LogP contribution in [0, 0.1) is 17.3 Å². The first-order valence-electron chi connectivity index (χ1n) is 7.21. The molecule has 2 aromatic rings. The van der Waals surface area contributed by atoms with Gasteiger partial charge in [0, 0.05) is 10.6 Å². The molecule has 2 rings (SSSR count). The summed E-state index contributed by atoms with van der Waals surface area (Å²) < 4.78 is 10.6. The summed E-state index contributed by atoms with van der Waals surface area (Å²) in [7, 11) is 0. The Morgan fingerprint density at radius 2 is 1.96 bits per heavy atom. The molecule has 24 heavy (non-hydrogen) atoms. The second-order valence-corrected chi connectivity index (χ2v) is 7.21. The van der Waals surface area contributed by atoms with Crippen molar-refractivity contribution in [3.63, 3.8) is 0 Å². The van der Waals surface area contributed by atoms with Crippen molar-refractivity contribution in [2.75, 3.05) is 12.4 Å². The Kier molecular flexibility index (Phi) is 6.29. The van der Waals surface area contributed by atoms with Crippen LogP contribution in [0.3, 0.4) is 0 Å². The number of ether oxygens (including phenoxy) is 1. The minimum absolute atomic E-state index is 0.0799. The fourth-order valence-corrected chi connectivity index (χ4v) is 2.16. The quantitative estimate of drug-likeness (QED) is 0.463. The van der Waals surface area contributed by atoms with Gasteiger partial charge in [0.25, 0.3) is 5.22 Å². The maximum Gasteiger partial charge on any atom is 0.312 e. The van der Waals surface area contributed by atoms with E-state index in [2.05, 4.69) is 22.0 Å². The van der Waals surface area contributed by atoms with Crippen molar-refractivity contribution in [3.8, 4) is 23.3 Å². The van der Waals surface area contributed by atoms with Gasteiger partial charge in [-0.05, 0) is 45.0 Å². The Morgan fingerprint density at radius 3 is 2.62 bits per heavy atom. The minimum atomic E-state index is -0.516. The number of hydrogen-bond acceptors (Lipinski definition) is 6. The van der Waals surface area contributed by atoms with E-state index in [1.165, 1.54) is 11.8 Å². The van der Waals surface area contributed by atoms with Gasteiger partial charge in [0.05, 0.1) is 11.2 Å². The molecule has 1 heterocycles. The smallest absolute Gasteiger partial charge is 0.312 e. The normalized spacial score (nSPS) is 10.8. The van der Waals surface area contributed by atoms with E-state index in [1.54, 1.807) is 32.9 Å². The van der Waals surface area contributed by atoms with E-state index >= 15 is 0 Å². The number of benzene rings is 1. The van der Waals surface area contributed by atoms with Crippen LogP contribution in [0.2, 0.25) is 5.02 Å². The van der Waals surface area contributed by atoms with Gasteiger partial charge >= 0.3 is 5.97 Å². The molecule has 0 aliphatic heterocycles. The van der Waals surface area contributed by atoms with Crippen LogP contribution in [0.5, 0.6) is 0 Å². The third kappa shape index (κ3) is 5.59. The van der Waals surface area contributed by atoms with Crippen molar-refractivity contribution >= 4 is 29.3 Å². The zero-order valence-corrected chi connectivity index (χ0v) is 15.2. The number of nitrogens with zero attached hydrogens (tertiary/aromatic N) is 2. The summed E-state index contributed by atoms with van der Waals surface area (Å²) in [5, 5.41) is 9.02. The second kappa shape index (κ2) is 8.22. The predicted octanol–water partition coefficient (Wildman–Crippen LogP) is 4.07. The van der Waals surface area contributed by atoms with Crippen LogP contribution < -0.4 is 0 Å². The van der Waals surface area contributed by atoms with Crippen molar-refractivity contribution in [2.24, 2.45) is 5.41 Å². The Hall–Kier alpha value is -1.97. The van der Waals surface area contributed by atoms with E-state index in [-0.39, 0.29) is 12.6 Å². The van der Waals surface area contributed by atoms with Crippen molar-refractivity contribution in [3.05, 3.63) is 29.3 Å². The molecule has 1 aromatic carbocycles. The van der Waals surface area contributed by atoms with Crippen molar-refractivity contribution in [1.29, 1.82) is 0 Å². The maximum absolute atomic E-state index is 11.5. The number of aromatic nitrogens is 2. The number of esters is 1. The molecule has 7 heteroatoms. The lowest BCUT2D eigenvalue weighted by atomic mass is 9.97. The zero-order chi connectivity index (χ0) is 17.6. The Balaban J connectivity index is 1.79. The largest absolute Gasteiger partial charge is 0.452 e. The standard InChI is InChI=1S/C17H17ClN2O3S/c1-17(2,3)15(21)22-10-4-5-11-24-16-20-19-14(23-16)12-6-8-13(18)9-7-12/h6-9H,10-11H2,1-3H3. The Morgan fingerprint density at radius 1 is 1.25 bits per heavy atom. The van der Waals surface area contributed by atoms with Gasteiger partial charge in [-0.15, -0.1) is 10.2 Å². The SMILES string of the molecule is CC(C)(C)C(=O)OCC#CCSc1nnc(-c2ccc(Cl)cc2)o1. The first kappa shape index (κ1) is 18.4. The molecule has 126 valence electrons. The topological polar surface area (TPSA) is 65.2 Å². The molecule has 0 fully saturated rings. The van der Waals surface area contributed by atoms with Gasteiger partial charge in [0.2, 0.25) is 5.89 Å². The number of carbonyl (C=O) groups is 1. The fourth-order valence-electron chi connectivity index (χ4n) is 1.50. The van der Waals surface area contributed by atoms with E-state index in [4.69, 9.17) is 20.8 Å². The van der Waals surface area contributed by atoms with E-state index in [0.717, 1.165) is 5.56 Å². The van der Waals surface area contributed by atoms with Crippen molar-refractivity contribution in [2.45, 2.75) is 26.0 Å². The summed E-state index contributed by atoms with van der Waals surface area (Å²) in [4.78, 5) is 11.5. The van der Waals surface area contributed by atoms with E-state index in [9.17, 15) is 4.79 Å². The highest BCUT2D eigenvalue weighted by atomic mass is 35.5. The molecule has 0 atom stereocenters. The average Bonchev–Trinajstić information content (AvgIpc) is 2.99. The maximum atomic E-state index is 11.5. The summed E-state index contributed by atoms with van der Waals surface area (Å²) in [6, 6.07) is 7.15. The predicted molar refractivity (Wildman–Crippen MR) is 93.7 cm³/mol. The average molecular weight is 365 g/mol. The van der Waals surface area contributed by atoms with Gasteiger partial charge in [-0.1, -0.05) is 35.2 Å². The summed E-state index contributed by atoms with van der Waals surface area (Å²) in [5.74, 6) is 6.30. The van der Waals surface area contributed by atoms with Crippen LogP contribution in [0.1, 0.15) is 20.8 Å². The molecular weight excluding hydrogens is 348 g/mol. The molecular formula is C17H17ClN2O3S. The highest BCUT2D eigenvalue weighted by Crippen LogP contribution is 2.24. The minimum Gasteiger partial charge on any atom is -0.452 e. The second-order valence-electron chi connectivity index (χ2n) is 5.85. The van der Waals surface area contributed by atoms with Gasteiger partial charge in [0.15, 0.2) is 6.61 Å². The molecule has 0 amide bonds. The number of carbonyl (C=O) groups excluding carboxylic acids is 1. The summed E-state index contributed by atoms with van der Waals surface area (Å²) in [5.41, 5.74) is 0.289. The van der Waals surface area contributed by atoms with Gasteiger partial charge in [-0.3, -0.25) is 4.79 Å². The number of halogens is 1. The lowest BCUT2D eigenvalue weighted by molar-refractivity contribution is -0.151. The molecule has 0 bridgehead atoms. The summed E-state index contributed by atoms with van der Waals surface area (Å²) in [6.07, 6.45) is 0.